The van der Waals surface area contributed by atoms with Gasteiger partial charge in [-0.05, 0) is 45.1 Å². The van der Waals surface area contributed by atoms with Crippen molar-refractivity contribution in [3.8, 4) is 0 Å². The maximum Gasteiger partial charge on any atom is 0.270 e. The lowest BCUT2D eigenvalue weighted by Crippen LogP contribution is -2.08. The van der Waals surface area contributed by atoms with Crippen LogP contribution in [0.1, 0.15) is 30.9 Å². The lowest BCUT2D eigenvalue weighted by Gasteiger charge is -2.05. The summed E-state index contributed by atoms with van der Waals surface area (Å²) in [6, 6.07) is 12.2. The van der Waals surface area contributed by atoms with Crippen LogP contribution in [0.4, 0.5) is 11.4 Å². The van der Waals surface area contributed by atoms with Gasteiger partial charge >= 0.3 is 0 Å². The van der Waals surface area contributed by atoms with Crippen LogP contribution in [0.15, 0.2) is 53.0 Å². The van der Waals surface area contributed by atoms with Crippen LogP contribution in [0.25, 0.3) is 6.08 Å². The number of carbonyl (C=O) groups excluding carboxylic acids is 1. The fourth-order valence-electron chi connectivity index (χ4n) is 2.06. The van der Waals surface area contributed by atoms with E-state index in [4.69, 9.17) is 0 Å². The summed E-state index contributed by atoms with van der Waals surface area (Å²) in [5.41, 5.74) is 2.61. The molecule has 0 saturated heterocycles. The van der Waals surface area contributed by atoms with Crippen LogP contribution in [0.2, 0.25) is 0 Å². The number of amides is 1. The van der Waals surface area contributed by atoms with Gasteiger partial charge in [0, 0.05) is 22.7 Å². The molecule has 0 aliphatic carbocycles. The minimum atomic E-state index is -0.489. The van der Waals surface area contributed by atoms with Gasteiger partial charge in [0.2, 0.25) is 5.91 Å². The molecule has 0 unspecified atom stereocenters. The Balaban J connectivity index is 2.03. The van der Waals surface area contributed by atoms with E-state index >= 15 is 0 Å². The summed E-state index contributed by atoms with van der Waals surface area (Å²) in [6.07, 6.45) is 3.15. The summed E-state index contributed by atoms with van der Waals surface area (Å²) in [5.74, 6) is 0.156. The standard InChI is InChI=1S/C18H17BrN2O3/c1-12(2)14-6-3-13(4-7-14)5-10-18(22)20-17-9-8-15(21(23)24)11-16(17)19/h3-12H,1-2H3,(H,20,22)/b10-5+. The molecular formula is C18H17BrN2O3. The number of anilines is 1. The average Bonchev–Trinajstić information content (AvgIpc) is 2.55. The highest BCUT2D eigenvalue weighted by Crippen LogP contribution is 2.27. The Morgan fingerprint density at radius 2 is 1.88 bits per heavy atom. The Kier molecular flexibility index (Phi) is 5.87. The zero-order valence-electron chi connectivity index (χ0n) is 13.3. The molecule has 6 heteroatoms. The number of hydrogen-bond acceptors (Lipinski definition) is 3. The van der Waals surface area contributed by atoms with Crippen molar-refractivity contribution in [1.82, 2.24) is 0 Å². The third-order valence-electron chi connectivity index (χ3n) is 3.45. The number of nitrogens with one attached hydrogen (secondary N) is 1. The first kappa shape index (κ1) is 17.9. The van der Waals surface area contributed by atoms with Crippen molar-refractivity contribution < 1.29 is 9.72 Å². The van der Waals surface area contributed by atoms with Crippen molar-refractivity contribution in [2.24, 2.45) is 0 Å². The van der Waals surface area contributed by atoms with Crippen molar-refractivity contribution in [2.75, 3.05) is 5.32 Å². The van der Waals surface area contributed by atoms with Crippen molar-refractivity contribution in [2.45, 2.75) is 19.8 Å². The molecule has 0 aliphatic rings. The molecule has 0 spiro atoms. The highest BCUT2D eigenvalue weighted by atomic mass is 79.9. The molecule has 0 heterocycles. The lowest BCUT2D eigenvalue weighted by atomic mass is 10.0. The third kappa shape index (κ3) is 4.76. The van der Waals surface area contributed by atoms with E-state index in [0.717, 1.165) is 5.56 Å². The minimum absolute atomic E-state index is 0.0411. The van der Waals surface area contributed by atoms with Gasteiger partial charge in [-0.3, -0.25) is 14.9 Å². The number of nitro benzene ring substituents is 1. The third-order valence-corrected chi connectivity index (χ3v) is 4.11. The molecule has 2 rings (SSSR count). The van der Waals surface area contributed by atoms with Crippen LogP contribution in [0.3, 0.4) is 0 Å². The van der Waals surface area contributed by atoms with E-state index < -0.39 is 4.92 Å². The number of nitrogens with zero attached hydrogens (tertiary/aromatic N) is 1. The topological polar surface area (TPSA) is 72.2 Å². The first-order valence-corrected chi connectivity index (χ1v) is 8.19. The molecule has 24 heavy (non-hydrogen) atoms. The first-order chi connectivity index (χ1) is 11.4. The lowest BCUT2D eigenvalue weighted by molar-refractivity contribution is -0.384. The monoisotopic (exact) mass is 388 g/mol. The molecular weight excluding hydrogens is 372 g/mol. The highest BCUT2D eigenvalue weighted by molar-refractivity contribution is 9.10. The van der Waals surface area contributed by atoms with Crippen LogP contribution < -0.4 is 5.32 Å². The predicted molar refractivity (Wildman–Crippen MR) is 99.0 cm³/mol. The van der Waals surface area contributed by atoms with Gasteiger partial charge in [0.15, 0.2) is 0 Å². The highest BCUT2D eigenvalue weighted by Gasteiger charge is 2.10. The van der Waals surface area contributed by atoms with E-state index in [1.807, 2.05) is 24.3 Å². The van der Waals surface area contributed by atoms with Gasteiger partial charge in [0.25, 0.3) is 5.69 Å². The Morgan fingerprint density at radius 1 is 1.21 bits per heavy atom. The summed E-state index contributed by atoms with van der Waals surface area (Å²) >= 11 is 3.22. The first-order valence-electron chi connectivity index (χ1n) is 7.40. The fourth-order valence-corrected chi connectivity index (χ4v) is 2.52. The van der Waals surface area contributed by atoms with E-state index in [1.54, 1.807) is 6.08 Å². The number of benzene rings is 2. The van der Waals surface area contributed by atoms with Crippen molar-refractivity contribution in [3.05, 3.63) is 74.3 Å². The quantitative estimate of drug-likeness (QED) is 0.438. The molecule has 5 nitrogen and oxygen atoms in total. The van der Waals surface area contributed by atoms with Crippen molar-refractivity contribution >= 4 is 39.3 Å². The van der Waals surface area contributed by atoms with E-state index in [1.165, 1.54) is 29.8 Å². The van der Waals surface area contributed by atoms with Gasteiger partial charge < -0.3 is 5.32 Å². The zero-order valence-corrected chi connectivity index (χ0v) is 14.9. The molecule has 2 aromatic rings. The minimum Gasteiger partial charge on any atom is -0.321 e. The molecule has 124 valence electrons. The summed E-state index contributed by atoms with van der Waals surface area (Å²) in [5, 5.41) is 13.4. The summed E-state index contributed by atoms with van der Waals surface area (Å²) in [6.45, 7) is 4.25. The molecule has 0 atom stereocenters. The smallest absolute Gasteiger partial charge is 0.270 e. The Morgan fingerprint density at radius 3 is 2.42 bits per heavy atom. The molecule has 0 aliphatic heterocycles. The van der Waals surface area contributed by atoms with E-state index in [0.29, 0.717) is 16.1 Å². The van der Waals surface area contributed by atoms with Crippen LogP contribution in [0.5, 0.6) is 0 Å². The second-order valence-corrected chi connectivity index (χ2v) is 6.42. The second-order valence-electron chi connectivity index (χ2n) is 5.57. The molecule has 0 bridgehead atoms. The van der Waals surface area contributed by atoms with Crippen LogP contribution >= 0.6 is 15.9 Å². The number of carbonyl (C=O) groups is 1. The van der Waals surface area contributed by atoms with Gasteiger partial charge in [-0.1, -0.05) is 38.1 Å². The average molecular weight is 389 g/mol. The predicted octanol–water partition coefficient (Wildman–Crippen LogP) is 5.13. The van der Waals surface area contributed by atoms with E-state index in [2.05, 4.69) is 35.1 Å². The maximum absolute atomic E-state index is 12.0. The molecule has 1 amide bonds. The number of hydrogen-bond donors (Lipinski definition) is 1. The van der Waals surface area contributed by atoms with Gasteiger partial charge in [-0.2, -0.15) is 0 Å². The molecule has 0 fully saturated rings. The largest absolute Gasteiger partial charge is 0.321 e. The van der Waals surface area contributed by atoms with Crippen LogP contribution in [-0.4, -0.2) is 10.8 Å². The summed E-state index contributed by atoms with van der Waals surface area (Å²) < 4.78 is 0.458. The molecule has 0 saturated carbocycles. The maximum atomic E-state index is 12.0. The Labute approximate surface area is 148 Å². The number of non-ortho nitro benzene ring substituents is 1. The molecule has 0 aromatic heterocycles. The number of nitro groups is 1. The van der Waals surface area contributed by atoms with E-state index in [-0.39, 0.29) is 11.6 Å². The molecule has 0 radical (unpaired) electrons. The molecule has 2 aromatic carbocycles. The molecule has 1 N–H and O–H groups in total. The van der Waals surface area contributed by atoms with Gasteiger partial charge in [-0.15, -0.1) is 0 Å². The Hall–Kier alpha value is -2.47. The summed E-state index contributed by atoms with van der Waals surface area (Å²) in [4.78, 5) is 22.2. The van der Waals surface area contributed by atoms with Crippen molar-refractivity contribution in [1.29, 1.82) is 0 Å². The summed E-state index contributed by atoms with van der Waals surface area (Å²) in [7, 11) is 0. The SMILES string of the molecule is CC(C)c1ccc(/C=C/C(=O)Nc2ccc([N+](=O)[O-])cc2Br)cc1. The van der Waals surface area contributed by atoms with Crippen LogP contribution in [0, 0.1) is 10.1 Å². The van der Waals surface area contributed by atoms with E-state index in [9.17, 15) is 14.9 Å². The second kappa shape index (κ2) is 7.88. The Bertz CT molecular complexity index is 783. The normalized spacial score (nSPS) is 11.0. The fraction of sp³-hybridized carbons (Fsp3) is 0.167. The van der Waals surface area contributed by atoms with Crippen LogP contribution in [-0.2, 0) is 4.79 Å². The van der Waals surface area contributed by atoms with Gasteiger partial charge in [0.1, 0.15) is 0 Å². The van der Waals surface area contributed by atoms with Gasteiger partial charge in [0.05, 0.1) is 10.6 Å². The van der Waals surface area contributed by atoms with Crippen molar-refractivity contribution in [3.63, 3.8) is 0 Å². The number of rotatable bonds is 5. The zero-order chi connectivity index (χ0) is 17.7. The number of halogens is 1. The van der Waals surface area contributed by atoms with Gasteiger partial charge in [-0.25, -0.2) is 0 Å².